The highest BCUT2D eigenvalue weighted by Crippen LogP contribution is 2.81. The van der Waals surface area contributed by atoms with Crippen LogP contribution in [-0.2, 0) is 38.1 Å². The number of aliphatic hydroxyl groups is 1. The largest absolute Gasteiger partial charge is 0.462 e. The van der Waals surface area contributed by atoms with Crippen molar-refractivity contribution in [2.45, 2.75) is 95.4 Å². The number of rotatable bonds is 1. The molecule has 3 saturated heterocycles. The first-order chi connectivity index (χ1) is 19.1. The molecule has 1 N–H and O–H groups in total. The fraction of sp³-hybridized carbons (Fsp3) is 0.688. The summed E-state index contributed by atoms with van der Waals surface area (Å²) in [5.74, 6) is -3.32. The third-order valence-electron chi connectivity index (χ3n) is 13.0. The highest BCUT2D eigenvalue weighted by molar-refractivity contribution is 6.05. The second-order valence-corrected chi connectivity index (χ2v) is 14.6. The molecule has 3 saturated carbocycles. The highest BCUT2D eigenvalue weighted by atomic mass is 16.6. The summed E-state index contributed by atoms with van der Waals surface area (Å²) in [5.41, 5.74) is -5.09. The van der Waals surface area contributed by atoms with E-state index >= 15 is 0 Å². The molecule has 0 aromatic rings. The van der Waals surface area contributed by atoms with E-state index in [1.807, 2.05) is 39.8 Å². The van der Waals surface area contributed by atoms with Gasteiger partial charge in [0.15, 0.2) is 11.4 Å². The minimum atomic E-state index is -1.22. The Labute approximate surface area is 238 Å². The van der Waals surface area contributed by atoms with Gasteiger partial charge in [0.05, 0.1) is 22.9 Å². The van der Waals surface area contributed by atoms with Gasteiger partial charge in [0.25, 0.3) is 0 Å². The number of ether oxygens (including phenoxy) is 4. The van der Waals surface area contributed by atoms with E-state index in [0.29, 0.717) is 18.4 Å². The van der Waals surface area contributed by atoms with Crippen molar-refractivity contribution >= 4 is 23.7 Å². The first-order valence-corrected chi connectivity index (χ1v) is 14.7. The average Bonchev–Trinajstić information content (AvgIpc) is 3.12. The molecule has 3 heterocycles. The second kappa shape index (κ2) is 7.05. The van der Waals surface area contributed by atoms with Crippen molar-refractivity contribution in [3.8, 4) is 0 Å². The molecule has 2 spiro atoms. The molecule has 13 atom stereocenters. The van der Waals surface area contributed by atoms with Gasteiger partial charge < -0.3 is 24.1 Å². The summed E-state index contributed by atoms with van der Waals surface area (Å²) in [7, 11) is 0. The lowest BCUT2D eigenvalue weighted by molar-refractivity contribution is -0.162. The molecule has 9 heteroatoms. The van der Waals surface area contributed by atoms with E-state index in [-0.39, 0.29) is 24.5 Å². The second-order valence-electron chi connectivity index (χ2n) is 14.6. The van der Waals surface area contributed by atoms with E-state index in [1.165, 1.54) is 6.92 Å². The highest BCUT2D eigenvalue weighted by Gasteiger charge is 2.88. The van der Waals surface area contributed by atoms with Crippen LogP contribution in [0.3, 0.4) is 0 Å². The number of allylic oxidation sites excluding steroid dienone is 1. The summed E-state index contributed by atoms with van der Waals surface area (Å²) in [6.45, 7) is 12.9. The molecule has 0 amide bonds. The van der Waals surface area contributed by atoms with Gasteiger partial charge in [-0.05, 0) is 46.1 Å². The van der Waals surface area contributed by atoms with E-state index in [4.69, 9.17) is 18.9 Å². The quantitative estimate of drug-likeness (QED) is 0.168. The summed E-state index contributed by atoms with van der Waals surface area (Å²) >= 11 is 0. The van der Waals surface area contributed by atoms with Crippen molar-refractivity contribution in [1.82, 2.24) is 0 Å². The van der Waals surface area contributed by atoms with Crippen molar-refractivity contribution in [3.63, 3.8) is 0 Å². The zero-order chi connectivity index (χ0) is 29.3. The van der Waals surface area contributed by atoms with Crippen molar-refractivity contribution in [3.05, 3.63) is 36.0 Å². The first-order valence-electron chi connectivity index (χ1n) is 14.7. The molecule has 41 heavy (non-hydrogen) atoms. The molecular weight excluding hydrogens is 528 g/mol. The molecule has 9 nitrogen and oxygen atoms in total. The van der Waals surface area contributed by atoms with Crippen molar-refractivity contribution < 1.29 is 43.2 Å². The van der Waals surface area contributed by atoms with E-state index in [2.05, 4.69) is 6.58 Å². The Kier molecular flexibility index (Phi) is 4.45. The summed E-state index contributed by atoms with van der Waals surface area (Å²) < 4.78 is 24.7. The smallest absolute Gasteiger partial charge is 0.334 e. The monoisotopic (exact) mass is 564 g/mol. The summed E-state index contributed by atoms with van der Waals surface area (Å²) in [4.78, 5) is 53.4. The van der Waals surface area contributed by atoms with Crippen LogP contribution < -0.4 is 0 Å². The molecule has 0 aromatic carbocycles. The van der Waals surface area contributed by atoms with E-state index in [9.17, 15) is 24.3 Å². The fourth-order valence-corrected chi connectivity index (χ4v) is 11.3. The SMILES string of the molecule is C=C1C(=O)OC2C1CCC(C)(O)C13C=CC(C)(C21)C1(C3)C(=O)OC2C1C(OC(C)=O)CC1(C)OC13C(=O)C=C(C)C23. The van der Waals surface area contributed by atoms with E-state index < -0.39 is 87.0 Å². The fourth-order valence-electron chi connectivity index (χ4n) is 11.3. The number of fused-ring (bicyclic) bond motifs is 5. The minimum Gasteiger partial charge on any atom is -0.462 e. The number of carbonyl (C=O) groups excluding carboxylic acids is 4. The van der Waals surface area contributed by atoms with Crippen LogP contribution in [0.2, 0.25) is 0 Å². The van der Waals surface area contributed by atoms with Crippen LogP contribution in [0.1, 0.15) is 60.3 Å². The Hall–Kier alpha value is -2.78. The Morgan fingerprint density at radius 1 is 1.12 bits per heavy atom. The van der Waals surface area contributed by atoms with Gasteiger partial charge in [-0.3, -0.25) is 14.4 Å². The molecule has 8 rings (SSSR count). The maximum Gasteiger partial charge on any atom is 0.334 e. The maximum absolute atomic E-state index is 14.6. The first kappa shape index (κ1) is 25.9. The maximum atomic E-state index is 14.6. The lowest BCUT2D eigenvalue weighted by atomic mass is 9.54. The molecular formula is C32H36O9. The van der Waals surface area contributed by atoms with Crippen LogP contribution in [0.4, 0.5) is 0 Å². The van der Waals surface area contributed by atoms with Crippen LogP contribution in [-0.4, -0.2) is 63.9 Å². The molecule has 5 aliphatic carbocycles. The molecule has 13 unspecified atom stereocenters. The number of hydrogen-bond acceptors (Lipinski definition) is 9. The predicted octanol–water partition coefficient (Wildman–Crippen LogP) is 2.75. The third-order valence-corrected chi connectivity index (χ3v) is 13.0. The van der Waals surface area contributed by atoms with Crippen molar-refractivity contribution in [2.75, 3.05) is 0 Å². The Morgan fingerprint density at radius 2 is 1.85 bits per heavy atom. The Balaban J connectivity index is 1.35. The van der Waals surface area contributed by atoms with Crippen molar-refractivity contribution in [2.24, 2.45) is 39.9 Å². The predicted molar refractivity (Wildman–Crippen MR) is 141 cm³/mol. The lowest BCUT2D eigenvalue weighted by Gasteiger charge is -2.46. The zero-order valence-electron chi connectivity index (χ0n) is 24.0. The van der Waals surface area contributed by atoms with Crippen LogP contribution >= 0.6 is 0 Å². The molecule has 0 aromatic heterocycles. The van der Waals surface area contributed by atoms with Crippen LogP contribution in [0.5, 0.6) is 0 Å². The molecule has 6 fully saturated rings. The summed E-state index contributed by atoms with van der Waals surface area (Å²) in [5, 5.41) is 12.2. The summed E-state index contributed by atoms with van der Waals surface area (Å²) in [6, 6.07) is 0. The number of hydrogen-bond donors (Lipinski definition) is 1. The normalized spacial score (nSPS) is 57.1. The topological polar surface area (TPSA) is 129 Å². The van der Waals surface area contributed by atoms with Crippen LogP contribution in [0.25, 0.3) is 0 Å². The molecule has 0 radical (unpaired) electrons. The van der Waals surface area contributed by atoms with Gasteiger partial charge in [0, 0.05) is 41.6 Å². The number of esters is 3. The number of carbonyl (C=O) groups is 4. The van der Waals surface area contributed by atoms with E-state index in [1.54, 1.807) is 6.08 Å². The molecule has 3 aliphatic heterocycles. The standard InChI is InChI=1S/C32H36O9/c1-14-11-19(34)32-20(14)23-21(18(38-16(3)33)12-29(32,6)41-32)31(26(36)40-23)13-30-10-9-27(31,4)24(30)22-17(7-8-28(30,5)37)15(2)25(35)39-22/h9-11,17-18,20-24,37H,2,7-8,12-13H2,1,3-6H3. The van der Waals surface area contributed by atoms with Crippen LogP contribution in [0.15, 0.2) is 36.0 Å². The molecule has 218 valence electrons. The molecule has 8 aliphatic rings. The average molecular weight is 565 g/mol. The lowest BCUT2D eigenvalue weighted by Crippen LogP contribution is -2.53. The Bertz CT molecular complexity index is 1460. The van der Waals surface area contributed by atoms with Gasteiger partial charge in [-0.1, -0.05) is 31.2 Å². The van der Waals surface area contributed by atoms with Gasteiger partial charge in [0.1, 0.15) is 23.9 Å². The molecule has 2 bridgehead atoms. The van der Waals surface area contributed by atoms with E-state index in [0.717, 1.165) is 5.57 Å². The summed E-state index contributed by atoms with van der Waals surface area (Å²) in [6.07, 6.45) is 4.99. The number of epoxide rings is 1. The van der Waals surface area contributed by atoms with Gasteiger partial charge in [-0.2, -0.15) is 0 Å². The van der Waals surface area contributed by atoms with Gasteiger partial charge in [-0.25, -0.2) is 4.79 Å². The third kappa shape index (κ3) is 2.49. The minimum absolute atomic E-state index is 0.147. The zero-order valence-corrected chi connectivity index (χ0v) is 24.0. The van der Waals surface area contributed by atoms with Crippen LogP contribution in [0, 0.1) is 39.9 Å². The van der Waals surface area contributed by atoms with Crippen molar-refractivity contribution in [1.29, 1.82) is 0 Å². The van der Waals surface area contributed by atoms with Gasteiger partial charge in [0.2, 0.25) is 0 Å². The van der Waals surface area contributed by atoms with Gasteiger partial charge in [-0.15, -0.1) is 0 Å². The van der Waals surface area contributed by atoms with Gasteiger partial charge >= 0.3 is 17.9 Å². The number of ketones is 1. The Morgan fingerprint density at radius 3 is 2.56 bits per heavy atom.